The number of allylic oxidation sites excluding steroid dienone is 3. The van der Waals surface area contributed by atoms with Crippen LogP contribution >= 0.6 is 0 Å². The molecule has 0 fully saturated rings. The number of ketones is 1. The van der Waals surface area contributed by atoms with Crippen LogP contribution in [0.15, 0.2) is 71.2 Å². The third-order valence-electron chi connectivity index (χ3n) is 6.24. The molecule has 0 unspecified atom stereocenters. The van der Waals surface area contributed by atoms with Gasteiger partial charge in [-0.2, -0.15) is 5.26 Å². The van der Waals surface area contributed by atoms with Crippen molar-refractivity contribution in [2.24, 2.45) is 11.1 Å². The van der Waals surface area contributed by atoms with Gasteiger partial charge in [-0.3, -0.25) is 9.69 Å². The smallest absolute Gasteiger partial charge is 0.162 e. The minimum Gasteiger partial charge on any atom is -0.497 e. The summed E-state index contributed by atoms with van der Waals surface area (Å²) in [7, 11) is 1.61. The molecule has 1 atom stereocenters. The maximum Gasteiger partial charge on any atom is 0.162 e. The number of methoxy groups -OCH3 is 1. The Labute approximate surface area is 194 Å². The fourth-order valence-corrected chi connectivity index (χ4v) is 4.79. The van der Waals surface area contributed by atoms with Gasteiger partial charge in [-0.15, -0.1) is 0 Å². The molecular weight excluding hydrogens is 414 g/mol. The zero-order valence-electron chi connectivity index (χ0n) is 19.5. The second kappa shape index (κ2) is 8.67. The van der Waals surface area contributed by atoms with E-state index < -0.39 is 5.92 Å². The molecular formula is C27H29N3O3. The van der Waals surface area contributed by atoms with Crippen LogP contribution in [0.2, 0.25) is 0 Å². The van der Waals surface area contributed by atoms with Crippen molar-refractivity contribution in [2.45, 2.75) is 39.5 Å². The maximum atomic E-state index is 13.5. The van der Waals surface area contributed by atoms with Crippen molar-refractivity contribution >= 4 is 11.5 Å². The summed E-state index contributed by atoms with van der Waals surface area (Å²) in [4.78, 5) is 15.4. The summed E-state index contributed by atoms with van der Waals surface area (Å²) in [6.45, 7) is 6.68. The van der Waals surface area contributed by atoms with Gasteiger partial charge < -0.3 is 15.2 Å². The van der Waals surface area contributed by atoms with E-state index in [0.29, 0.717) is 36.4 Å². The van der Waals surface area contributed by atoms with Crippen molar-refractivity contribution in [1.82, 2.24) is 0 Å². The first-order chi connectivity index (χ1) is 15.8. The summed E-state index contributed by atoms with van der Waals surface area (Å²) in [5.74, 6) is 1.38. The van der Waals surface area contributed by atoms with E-state index >= 15 is 0 Å². The third-order valence-corrected chi connectivity index (χ3v) is 6.24. The van der Waals surface area contributed by atoms with E-state index in [9.17, 15) is 10.1 Å². The lowest BCUT2D eigenvalue weighted by atomic mass is 9.68. The van der Waals surface area contributed by atoms with Crippen LogP contribution in [0.1, 0.15) is 45.1 Å². The topological polar surface area (TPSA) is 88.6 Å². The average molecular weight is 444 g/mol. The van der Waals surface area contributed by atoms with Crippen molar-refractivity contribution in [3.05, 3.63) is 76.8 Å². The van der Waals surface area contributed by atoms with Crippen LogP contribution in [-0.4, -0.2) is 19.5 Å². The molecule has 0 bridgehead atoms. The molecule has 6 nitrogen and oxygen atoms in total. The number of hydrogen-bond donors (Lipinski definition) is 1. The predicted octanol–water partition coefficient (Wildman–Crippen LogP) is 5.03. The Bertz CT molecular complexity index is 1170. The van der Waals surface area contributed by atoms with Crippen LogP contribution in [0.5, 0.6) is 11.5 Å². The lowest BCUT2D eigenvalue weighted by molar-refractivity contribution is -0.118. The Balaban J connectivity index is 1.91. The van der Waals surface area contributed by atoms with E-state index in [2.05, 4.69) is 19.9 Å². The highest BCUT2D eigenvalue weighted by Crippen LogP contribution is 2.50. The number of nitrogens with zero attached hydrogens (tertiary/aromatic N) is 2. The van der Waals surface area contributed by atoms with Crippen LogP contribution in [0.25, 0.3) is 0 Å². The molecule has 4 rings (SSSR count). The zero-order chi connectivity index (χ0) is 23.8. The molecule has 2 aromatic carbocycles. The van der Waals surface area contributed by atoms with E-state index in [1.807, 2.05) is 60.4 Å². The second-order valence-corrected chi connectivity index (χ2v) is 9.18. The molecule has 0 saturated carbocycles. The fraction of sp³-hybridized carbons (Fsp3) is 0.333. The molecule has 2 aliphatic rings. The van der Waals surface area contributed by atoms with Gasteiger partial charge in [-0.1, -0.05) is 26.0 Å². The monoisotopic (exact) mass is 443 g/mol. The molecule has 1 heterocycles. The third kappa shape index (κ3) is 4.07. The Morgan fingerprint density at radius 3 is 2.30 bits per heavy atom. The fourth-order valence-electron chi connectivity index (χ4n) is 4.79. The van der Waals surface area contributed by atoms with Gasteiger partial charge in [-0.05, 0) is 60.7 Å². The van der Waals surface area contributed by atoms with Gasteiger partial charge in [0, 0.05) is 23.4 Å². The standard InChI is InChI=1S/C27H29N3O3/c1-5-33-20-10-6-17(7-11-20)24-21(16-28)26(29)30(18-8-12-19(32-4)13-9-18)22-14-27(2,3)15-23(31)25(22)24/h6-13,24H,5,14-15,29H2,1-4H3/t24-/m1/s1. The Morgan fingerprint density at radius 2 is 1.73 bits per heavy atom. The normalized spacial score (nSPS) is 19.8. The van der Waals surface area contributed by atoms with E-state index in [0.717, 1.165) is 28.4 Å². The molecule has 2 aromatic rings. The Hall–Kier alpha value is -3.72. The number of nitriles is 1. The molecule has 1 aliphatic heterocycles. The zero-order valence-corrected chi connectivity index (χ0v) is 19.5. The first-order valence-corrected chi connectivity index (χ1v) is 11.1. The number of nitrogens with two attached hydrogens (primary N) is 1. The number of Topliss-reactive ketones (excluding diaryl/α,β-unsaturated/α-hetero) is 1. The van der Waals surface area contributed by atoms with E-state index in [1.54, 1.807) is 7.11 Å². The highest BCUT2D eigenvalue weighted by atomic mass is 16.5. The summed E-state index contributed by atoms with van der Waals surface area (Å²) in [6, 6.07) is 17.4. The molecule has 0 amide bonds. The van der Waals surface area contributed by atoms with Crippen molar-refractivity contribution in [3.8, 4) is 17.6 Å². The van der Waals surface area contributed by atoms with Gasteiger partial charge >= 0.3 is 0 Å². The quantitative estimate of drug-likeness (QED) is 0.697. The summed E-state index contributed by atoms with van der Waals surface area (Å²) < 4.78 is 10.9. The molecule has 2 N–H and O–H groups in total. The molecule has 0 aromatic heterocycles. The lowest BCUT2D eigenvalue weighted by Crippen LogP contribution is -2.42. The summed E-state index contributed by atoms with van der Waals surface area (Å²) >= 11 is 0. The molecule has 0 radical (unpaired) electrons. The Kier molecular flexibility index (Phi) is 5.90. The lowest BCUT2D eigenvalue weighted by Gasteiger charge is -2.43. The van der Waals surface area contributed by atoms with Gasteiger partial charge in [0.1, 0.15) is 17.3 Å². The van der Waals surface area contributed by atoms with Crippen LogP contribution in [0, 0.1) is 16.7 Å². The van der Waals surface area contributed by atoms with Crippen LogP contribution in [0.3, 0.4) is 0 Å². The van der Waals surface area contributed by atoms with E-state index in [4.69, 9.17) is 15.2 Å². The van der Waals surface area contributed by atoms with Gasteiger partial charge in [0.2, 0.25) is 0 Å². The van der Waals surface area contributed by atoms with Crippen LogP contribution in [0.4, 0.5) is 5.69 Å². The number of anilines is 1. The van der Waals surface area contributed by atoms with Gasteiger partial charge in [0.25, 0.3) is 0 Å². The minimum absolute atomic E-state index is 0.0545. The number of hydrogen-bond acceptors (Lipinski definition) is 6. The number of carbonyl (C=O) groups excluding carboxylic acids is 1. The summed E-state index contributed by atoms with van der Waals surface area (Å²) in [5.41, 5.74) is 9.99. The average Bonchev–Trinajstić information content (AvgIpc) is 2.78. The van der Waals surface area contributed by atoms with Crippen LogP contribution < -0.4 is 20.1 Å². The van der Waals surface area contributed by atoms with E-state index in [1.165, 1.54) is 0 Å². The van der Waals surface area contributed by atoms with E-state index in [-0.39, 0.29) is 11.2 Å². The molecule has 0 saturated heterocycles. The first-order valence-electron chi connectivity index (χ1n) is 11.1. The number of benzene rings is 2. The van der Waals surface area contributed by atoms with Crippen LogP contribution in [-0.2, 0) is 4.79 Å². The number of carbonyl (C=O) groups is 1. The van der Waals surface area contributed by atoms with Gasteiger partial charge in [0.05, 0.1) is 31.3 Å². The predicted molar refractivity (Wildman–Crippen MR) is 128 cm³/mol. The molecule has 170 valence electrons. The Morgan fingerprint density at radius 1 is 1.09 bits per heavy atom. The molecule has 6 heteroatoms. The minimum atomic E-state index is -0.501. The number of ether oxygens (including phenoxy) is 2. The summed E-state index contributed by atoms with van der Waals surface area (Å²) in [5, 5.41) is 10.2. The van der Waals surface area contributed by atoms with Crippen molar-refractivity contribution in [1.29, 1.82) is 5.26 Å². The van der Waals surface area contributed by atoms with Gasteiger partial charge in [0.15, 0.2) is 5.78 Å². The highest BCUT2D eigenvalue weighted by Gasteiger charge is 2.44. The summed E-state index contributed by atoms with van der Waals surface area (Å²) in [6.07, 6.45) is 1.10. The van der Waals surface area contributed by atoms with Crippen molar-refractivity contribution in [3.63, 3.8) is 0 Å². The number of rotatable bonds is 5. The molecule has 0 spiro atoms. The first kappa shape index (κ1) is 22.5. The maximum absolute atomic E-state index is 13.5. The highest BCUT2D eigenvalue weighted by molar-refractivity contribution is 6.01. The second-order valence-electron chi connectivity index (χ2n) is 9.18. The van der Waals surface area contributed by atoms with Crippen molar-refractivity contribution < 1.29 is 14.3 Å². The SMILES string of the molecule is CCOc1ccc([C@@H]2C(C#N)=C(N)N(c3ccc(OC)cc3)C3=C2C(=O)CC(C)(C)C3)cc1. The molecule has 1 aliphatic carbocycles. The largest absolute Gasteiger partial charge is 0.497 e. The van der Waals surface area contributed by atoms with Crippen molar-refractivity contribution in [2.75, 3.05) is 18.6 Å². The van der Waals surface area contributed by atoms with Gasteiger partial charge in [-0.25, -0.2) is 0 Å². The molecule has 33 heavy (non-hydrogen) atoms.